The van der Waals surface area contributed by atoms with Gasteiger partial charge in [-0.25, -0.2) is 4.39 Å². The monoisotopic (exact) mass is 280 g/mol. The third kappa shape index (κ3) is 3.72. The quantitative estimate of drug-likeness (QED) is 0.883. The Morgan fingerprint density at radius 1 is 1.42 bits per heavy atom. The van der Waals surface area contributed by atoms with E-state index in [0.717, 1.165) is 22.9 Å². The van der Waals surface area contributed by atoms with E-state index in [2.05, 4.69) is 24.2 Å². The molecule has 2 nitrogen and oxygen atoms in total. The van der Waals surface area contributed by atoms with E-state index in [4.69, 9.17) is 0 Å². The van der Waals surface area contributed by atoms with Crippen LogP contribution in [0.2, 0.25) is 0 Å². The highest BCUT2D eigenvalue weighted by molar-refractivity contribution is 8.13. The first-order chi connectivity index (χ1) is 8.87. The highest BCUT2D eigenvalue weighted by Gasteiger charge is 2.24. The van der Waals surface area contributed by atoms with E-state index in [9.17, 15) is 4.39 Å². The Hall–Kier alpha value is -1.03. The summed E-state index contributed by atoms with van der Waals surface area (Å²) in [5.41, 5.74) is 1.69. The maximum absolute atomic E-state index is 13.6. The number of nitrogens with zero attached hydrogens (tertiary/aromatic N) is 1. The fourth-order valence-corrected chi connectivity index (χ4v) is 3.37. The summed E-state index contributed by atoms with van der Waals surface area (Å²) in [5.74, 6) is 0.919. The molecule has 0 spiro atoms. The molecule has 2 rings (SSSR count). The standard InChI is InChI=1S/C15H21FN2S/c1-10-5-6-12(9-13(10)16)11(2)17-14-18-15(3,4)7-8-19-14/h5-6,9,11H,7-8H2,1-4H3,(H,17,18). The van der Waals surface area contributed by atoms with Gasteiger partial charge in [0.2, 0.25) is 0 Å². The van der Waals surface area contributed by atoms with Gasteiger partial charge in [0.05, 0.1) is 6.04 Å². The Labute approximate surface area is 118 Å². The Morgan fingerprint density at radius 2 is 2.16 bits per heavy atom. The normalized spacial score (nSPS) is 22.1. The van der Waals surface area contributed by atoms with Gasteiger partial charge in [0.25, 0.3) is 0 Å². The second-order valence-electron chi connectivity index (χ2n) is 5.73. The number of aliphatic imine (C=N–C) groups is 1. The van der Waals surface area contributed by atoms with Gasteiger partial charge in [-0.2, -0.15) is 0 Å². The van der Waals surface area contributed by atoms with Crippen molar-refractivity contribution in [3.63, 3.8) is 0 Å². The summed E-state index contributed by atoms with van der Waals surface area (Å²) in [6.45, 7) is 8.13. The summed E-state index contributed by atoms with van der Waals surface area (Å²) in [6.07, 6.45) is 1.13. The molecule has 0 aliphatic carbocycles. The van der Waals surface area contributed by atoms with Crippen LogP contribution >= 0.6 is 11.8 Å². The van der Waals surface area contributed by atoms with E-state index in [1.165, 1.54) is 0 Å². The van der Waals surface area contributed by atoms with E-state index in [0.29, 0.717) is 5.56 Å². The van der Waals surface area contributed by atoms with E-state index >= 15 is 0 Å². The molecule has 1 fully saturated rings. The topological polar surface area (TPSA) is 24.4 Å². The Morgan fingerprint density at radius 3 is 2.79 bits per heavy atom. The molecule has 1 atom stereocenters. The van der Waals surface area contributed by atoms with Gasteiger partial charge in [-0.1, -0.05) is 23.9 Å². The van der Waals surface area contributed by atoms with E-state index < -0.39 is 0 Å². The first-order valence-corrected chi connectivity index (χ1v) is 7.61. The van der Waals surface area contributed by atoms with Crippen molar-refractivity contribution in [1.82, 2.24) is 5.32 Å². The summed E-state index contributed by atoms with van der Waals surface area (Å²) < 4.78 is 13.6. The lowest BCUT2D eigenvalue weighted by molar-refractivity contribution is 0.445. The number of hydrogen-bond donors (Lipinski definition) is 1. The van der Waals surface area contributed by atoms with Crippen molar-refractivity contribution in [2.24, 2.45) is 4.99 Å². The second kappa shape index (κ2) is 5.53. The number of thioether (sulfide) groups is 1. The van der Waals surface area contributed by atoms with Gasteiger partial charge in [0.1, 0.15) is 5.82 Å². The molecule has 0 amide bonds. The van der Waals surface area contributed by atoms with E-state index in [1.54, 1.807) is 24.8 Å². The molecule has 19 heavy (non-hydrogen) atoms. The van der Waals surface area contributed by atoms with Crippen LogP contribution in [0.3, 0.4) is 0 Å². The molecule has 1 heterocycles. The summed E-state index contributed by atoms with van der Waals surface area (Å²) in [6, 6.07) is 5.32. The highest BCUT2D eigenvalue weighted by atomic mass is 32.2. The fourth-order valence-electron chi connectivity index (χ4n) is 1.98. The van der Waals surface area contributed by atoms with Gasteiger partial charge >= 0.3 is 0 Å². The van der Waals surface area contributed by atoms with Crippen molar-refractivity contribution in [2.45, 2.75) is 45.7 Å². The number of rotatable bonds is 2. The van der Waals surface area contributed by atoms with E-state index in [-0.39, 0.29) is 17.4 Å². The van der Waals surface area contributed by atoms with Crippen LogP contribution in [0.4, 0.5) is 4.39 Å². The van der Waals surface area contributed by atoms with Gasteiger partial charge in [-0.3, -0.25) is 4.99 Å². The average molecular weight is 280 g/mol. The number of nitrogens with one attached hydrogen (secondary N) is 1. The molecule has 1 aliphatic heterocycles. The molecule has 1 N–H and O–H groups in total. The van der Waals surface area contributed by atoms with E-state index in [1.807, 2.05) is 19.1 Å². The maximum Gasteiger partial charge on any atom is 0.157 e. The predicted molar refractivity (Wildman–Crippen MR) is 81.3 cm³/mol. The lowest BCUT2D eigenvalue weighted by Crippen LogP contribution is -2.46. The SMILES string of the molecule is Cc1ccc(C(C)N=C2NC(C)(C)CCS2)cc1F. The van der Waals surface area contributed by atoms with Crippen LogP contribution in [0.15, 0.2) is 23.2 Å². The molecule has 0 saturated carbocycles. The van der Waals surface area contributed by atoms with Crippen LogP contribution in [-0.4, -0.2) is 16.5 Å². The lowest BCUT2D eigenvalue weighted by atomic mass is 10.0. The van der Waals surface area contributed by atoms with Gasteiger partial charge < -0.3 is 5.32 Å². The molecular formula is C15H21FN2S. The van der Waals surface area contributed by atoms with Crippen molar-refractivity contribution in [3.8, 4) is 0 Å². The highest BCUT2D eigenvalue weighted by Crippen LogP contribution is 2.25. The smallest absolute Gasteiger partial charge is 0.157 e. The molecule has 1 aromatic rings. The van der Waals surface area contributed by atoms with Crippen molar-refractivity contribution in [1.29, 1.82) is 0 Å². The molecule has 0 bridgehead atoms. The third-order valence-corrected chi connectivity index (χ3v) is 4.29. The maximum atomic E-state index is 13.6. The van der Waals surface area contributed by atoms with Crippen molar-refractivity contribution >= 4 is 16.9 Å². The average Bonchev–Trinajstić information content (AvgIpc) is 2.31. The summed E-state index contributed by atoms with van der Waals surface area (Å²) >= 11 is 1.74. The predicted octanol–water partition coefficient (Wildman–Crippen LogP) is 4.06. The number of halogens is 1. The van der Waals surface area contributed by atoms with Crippen LogP contribution in [0.5, 0.6) is 0 Å². The Kier molecular flexibility index (Phi) is 4.19. The minimum Gasteiger partial charge on any atom is -0.360 e. The minimum atomic E-state index is -0.158. The Balaban J connectivity index is 2.15. The number of hydrogen-bond acceptors (Lipinski definition) is 2. The second-order valence-corrected chi connectivity index (χ2v) is 6.81. The molecule has 1 unspecified atom stereocenters. The van der Waals surface area contributed by atoms with Gasteiger partial charge in [-0.05, 0) is 51.3 Å². The van der Waals surface area contributed by atoms with Crippen molar-refractivity contribution in [3.05, 3.63) is 35.1 Å². The fraction of sp³-hybridized carbons (Fsp3) is 0.533. The minimum absolute atomic E-state index is 0.0287. The largest absolute Gasteiger partial charge is 0.360 e. The van der Waals surface area contributed by atoms with Gasteiger partial charge in [-0.15, -0.1) is 0 Å². The zero-order chi connectivity index (χ0) is 14.0. The Bertz CT molecular complexity index is 497. The molecule has 0 aromatic heterocycles. The number of amidine groups is 1. The summed E-state index contributed by atoms with van der Waals surface area (Å²) in [4.78, 5) is 4.67. The lowest BCUT2D eigenvalue weighted by Gasteiger charge is -2.32. The molecule has 1 aliphatic rings. The zero-order valence-electron chi connectivity index (χ0n) is 12.0. The molecule has 104 valence electrons. The molecule has 0 radical (unpaired) electrons. The van der Waals surface area contributed by atoms with Crippen molar-refractivity contribution in [2.75, 3.05) is 5.75 Å². The first kappa shape index (κ1) is 14.4. The number of aryl methyl sites for hydroxylation is 1. The number of benzene rings is 1. The molecular weight excluding hydrogens is 259 g/mol. The van der Waals surface area contributed by atoms with Crippen LogP contribution in [-0.2, 0) is 0 Å². The first-order valence-electron chi connectivity index (χ1n) is 6.62. The molecule has 1 aromatic carbocycles. The summed E-state index contributed by atoms with van der Waals surface area (Å²) in [5, 5.41) is 4.40. The van der Waals surface area contributed by atoms with Crippen LogP contribution in [0.25, 0.3) is 0 Å². The zero-order valence-corrected chi connectivity index (χ0v) is 12.8. The third-order valence-electron chi connectivity index (χ3n) is 3.40. The van der Waals surface area contributed by atoms with Crippen LogP contribution < -0.4 is 5.32 Å². The van der Waals surface area contributed by atoms with Crippen LogP contribution in [0.1, 0.15) is 44.4 Å². The van der Waals surface area contributed by atoms with Crippen molar-refractivity contribution < 1.29 is 4.39 Å². The summed E-state index contributed by atoms with van der Waals surface area (Å²) in [7, 11) is 0. The van der Waals surface area contributed by atoms with Crippen LogP contribution in [0, 0.1) is 12.7 Å². The van der Waals surface area contributed by atoms with Gasteiger partial charge in [0, 0.05) is 11.3 Å². The molecule has 4 heteroatoms. The molecule has 1 saturated heterocycles. The van der Waals surface area contributed by atoms with Gasteiger partial charge in [0.15, 0.2) is 5.17 Å².